The third-order valence-corrected chi connectivity index (χ3v) is 4.40. The van der Waals surface area contributed by atoms with Gasteiger partial charge in [0.2, 0.25) is 10.0 Å². The third-order valence-electron chi connectivity index (χ3n) is 2.60. The summed E-state index contributed by atoms with van der Waals surface area (Å²) in [7, 11) is -1.48. The minimum atomic E-state index is -3.28. The van der Waals surface area contributed by atoms with Crippen LogP contribution in [0.3, 0.4) is 0 Å². The van der Waals surface area contributed by atoms with Gasteiger partial charge in [0.15, 0.2) is 0 Å². The van der Waals surface area contributed by atoms with Gasteiger partial charge in [-0.2, -0.15) is 0 Å². The van der Waals surface area contributed by atoms with Gasteiger partial charge in [0.05, 0.1) is 0 Å². The van der Waals surface area contributed by atoms with Crippen molar-refractivity contribution in [3.8, 4) is 0 Å². The molecule has 1 heterocycles. The van der Waals surface area contributed by atoms with Crippen molar-refractivity contribution in [2.24, 2.45) is 7.05 Å². The first-order valence-corrected chi connectivity index (χ1v) is 6.53. The molecule has 15 heavy (non-hydrogen) atoms. The molecule has 6 heteroatoms. The summed E-state index contributed by atoms with van der Waals surface area (Å²) in [5, 5.41) is -0.599. The van der Waals surface area contributed by atoms with Gasteiger partial charge in [0.25, 0.3) is 0 Å². The molecule has 1 saturated carbocycles. The van der Waals surface area contributed by atoms with Gasteiger partial charge >= 0.3 is 0 Å². The van der Waals surface area contributed by atoms with Crippen LogP contribution in [0.25, 0.3) is 0 Å². The van der Waals surface area contributed by atoms with Gasteiger partial charge < -0.3 is 4.57 Å². The maximum absolute atomic E-state index is 11.9. The van der Waals surface area contributed by atoms with Crippen molar-refractivity contribution in [1.29, 1.82) is 0 Å². The van der Waals surface area contributed by atoms with Gasteiger partial charge in [-0.05, 0) is 19.8 Å². The Kier molecular flexibility index (Phi) is 2.56. The minimum Gasteiger partial charge on any atom is -0.337 e. The standard InChI is InChI=1S/C9H15N3O2S/c1-7(9-10-5-6-12(9)2)15(13,14)11-8-3-4-8/h5-8,11H,3-4H2,1-2H3/t7-/m0/s1. The molecule has 0 aromatic carbocycles. The number of aryl methyl sites for hydroxylation is 1. The van der Waals surface area contributed by atoms with Crippen LogP contribution in [0.4, 0.5) is 0 Å². The molecule has 0 saturated heterocycles. The Labute approximate surface area is 89.6 Å². The maximum Gasteiger partial charge on any atom is 0.221 e. The molecule has 1 atom stereocenters. The van der Waals surface area contributed by atoms with E-state index in [0.29, 0.717) is 5.82 Å². The second-order valence-corrected chi connectivity index (χ2v) is 6.01. The minimum absolute atomic E-state index is 0.151. The SMILES string of the molecule is C[C@@H](c1nccn1C)S(=O)(=O)NC1CC1. The number of imidazole rings is 1. The number of hydrogen-bond acceptors (Lipinski definition) is 3. The molecule has 0 radical (unpaired) electrons. The van der Waals surface area contributed by atoms with Crippen LogP contribution in [0.1, 0.15) is 30.8 Å². The fourth-order valence-corrected chi connectivity index (χ4v) is 2.85. The lowest BCUT2D eigenvalue weighted by Crippen LogP contribution is -2.30. The Hall–Kier alpha value is -0.880. The highest BCUT2D eigenvalue weighted by Gasteiger charge is 2.32. The largest absolute Gasteiger partial charge is 0.337 e. The zero-order valence-corrected chi connectivity index (χ0v) is 9.66. The normalized spacial score (nSPS) is 19.1. The van der Waals surface area contributed by atoms with Crippen LogP contribution in [-0.2, 0) is 17.1 Å². The first-order valence-electron chi connectivity index (χ1n) is 4.99. The molecule has 1 fully saturated rings. The van der Waals surface area contributed by atoms with Crippen molar-refractivity contribution >= 4 is 10.0 Å². The van der Waals surface area contributed by atoms with Crippen molar-refractivity contribution in [1.82, 2.24) is 14.3 Å². The molecule has 0 bridgehead atoms. The number of aromatic nitrogens is 2. The third kappa shape index (κ3) is 2.21. The Morgan fingerprint density at radius 1 is 1.60 bits per heavy atom. The molecule has 1 aromatic heterocycles. The summed E-state index contributed by atoms with van der Waals surface area (Å²) in [6, 6.07) is 0.151. The van der Waals surface area contributed by atoms with Gasteiger partial charge in [-0.1, -0.05) is 0 Å². The quantitative estimate of drug-likeness (QED) is 0.820. The first kappa shape index (κ1) is 10.6. The summed E-state index contributed by atoms with van der Waals surface area (Å²) >= 11 is 0. The molecule has 1 aromatic rings. The molecule has 0 spiro atoms. The fourth-order valence-electron chi connectivity index (χ4n) is 1.44. The van der Waals surface area contributed by atoms with Crippen LogP contribution < -0.4 is 4.72 Å². The fraction of sp³-hybridized carbons (Fsp3) is 0.667. The van der Waals surface area contributed by atoms with E-state index >= 15 is 0 Å². The molecule has 2 rings (SSSR count). The summed E-state index contributed by atoms with van der Waals surface area (Å²) < 4.78 is 28.1. The molecule has 5 nitrogen and oxygen atoms in total. The summed E-state index contributed by atoms with van der Waals surface area (Å²) in [5.41, 5.74) is 0. The van der Waals surface area contributed by atoms with E-state index in [-0.39, 0.29) is 6.04 Å². The number of hydrogen-bond donors (Lipinski definition) is 1. The summed E-state index contributed by atoms with van der Waals surface area (Å²) in [5.74, 6) is 0.572. The Morgan fingerprint density at radius 2 is 2.27 bits per heavy atom. The van der Waals surface area contributed by atoms with E-state index in [2.05, 4.69) is 9.71 Å². The van der Waals surface area contributed by atoms with E-state index < -0.39 is 15.3 Å². The lowest BCUT2D eigenvalue weighted by molar-refractivity contribution is 0.564. The van der Waals surface area contributed by atoms with Gasteiger partial charge in [-0.3, -0.25) is 0 Å². The van der Waals surface area contributed by atoms with Crippen molar-refractivity contribution in [2.45, 2.75) is 31.1 Å². The smallest absolute Gasteiger partial charge is 0.221 e. The molecule has 1 N–H and O–H groups in total. The predicted octanol–water partition coefficient (Wildman–Crippen LogP) is 0.563. The number of nitrogens with one attached hydrogen (secondary N) is 1. The molecular formula is C9H15N3O2S. The zero-order valence-electron chi connectivity index (χ0n) is 8.84. The molecule has 84 valence electrons. The Balaban J connectivity index is 2.19. The van der Waals surface area contributed by atoms with Gasteiger partial charge in [-0.25, -0.2) is 18.1 Å². The Bertz CT molecular complexity index is 448. The van der Waals surface area contributed by atoms with Crippen molar-refractivity contribution in [3.63, 3.8) is 0 Å². The van der Waals surface area contributed by atoms with E-state index in [0.717, 1.165) is 12.8 Å². The van der Waals surface area contributed by atoms with Crippen LogP contribution in [0.15, 0.2) is 12.4 Å². The molecule has 1 aliphatic carbocycles. The highest BCUT2D eigenvalue weighted by Crippen LogP contribution is 2.25. The van der Waals surface area contributed by atoms with Crippen LogP contribution in [-0.4, -0.2) is 24.0 Å². The Morgan fingerprint density at radius 3 is 2.73 bits per heavy atom. The lowest BCUT2D eigenvalue weighted by Gasteiger charge is -2.13. The van der Waals surface area contributed by atoms with Gasteiger partial charge in [0, 0.05) is 25.5 Å². The number of nitrogens with zero attached hydrogens (tertiary/aromatic N) is 2. The molecule has 0 amide bonds. The summed E-state index contributed by atoms with van der Waals surface area (Å²) in [6.07, 6.45) is 5.26. The highest BCUT2D eigenvalue weighted by atomic mass is 32.2. The number of sulfonamides is 1. The molecular weight excluding hydrogens is 214 g/mol. The molecule has 0 unspecified atom stereocenters. The first-order chi connectivity index (χ1) is 7.00. The average molecular weight is 229 g/mol. The van der Waals surface area contributed by atoms with E-state index in [1.807, 2.05) is 0 Å². The average Bonchev–Trinajstić information content (AvgIpc) is 2.84. The van der Waals surface area contributed by atoms with Crippen LogP contribution >= 0.6 is 0 Å². The molecule has 0 aliphatic heterocycles. The van der Waals surface area contributed by atoms with Crippen LogP contribution in [0.2, 0.25) is 0 Å². The highest BCUT2D eigenvalue weighted by molar-refractivity contribution is 7.89. The van der Waals surface area contributed by atoms with E-state index in [9.17, 15) is 8.42 Å². The van der Waals surface area contributed by atoms with Crippen molar-refractivity contribution in [2.75, 3.05) is 0 Å². The summed E-state index contributed by atoms with van der Waals surface area (Å²) in [4.78, 5) is 4.05. The topological polar surface area (TPSA) is 64.0 Å². The molecule has 1 aliphatic rings. The second-order valence-electron chi connectivity index (χ2n) is 3.98. The zero-order chi connectivity index (χ0) is 11.1. The lowest BCUT2D eigenvalue weighted by atomic mass is 10.4. The van der Waals surface area contributed by atoms with E-state index in [1.54, 1.807) is 30.9 Å². The van der Waals surface area contributed by atoms with E-state index in [1.165, 1.54) is 0 Å². The second kappa shape index (κ2) is 3.61. The van der Waals surface area contributed by atoms with Gasteiger partial charge in [-0.15, -0.1) is 0 Å². The van der Waals surface area contributed by atoms with Crippen LogP contribution in [0.5, 0.6) is 0 Å². The van der Waals surface area contributed by atoms with Crippen LogP contribution in [0, 0.1) is 0 Å². The maximum atomic E-state index is 11.9. The monoisotopic (exact) mass is 229 g/mol. The van der Waals surface area contributed by atoms with Gasteiger partial charge in [0.1, 0.15) is 11.1 Å². The van der Waals surface area contributed by atoms with Crippen molar-refractivity contribution in [3.05, 3.63) is 18.2 Å². The summed E-state index contributed by atoms with van der Waals surface area (Å²) in [6.45, 7) is 1.66. The van der Waals surface area contributed by atoms with Crippen molar-refractivity contribution < 1.29 is 8.42 Å². The predicted molar refractivity (Wildman–Crippen MR) is 56.7 cm³/mol. The van der Waals surface area contributed by atoms with E-state index in [4.69, 9.17) is 0 Å². The number of rotatable bonds is 4.